The van der Waals surface area contributed by atoms with Crippen molar-refractivity contribution in [2.24, 2.45) is 0 Å². The first-order chi connectivity index (χ1) is 9.24. The summed E-state index contributed by atoms with van der Waals surface area (Å²) in [6, 6.07) is 4.81. The van der Waals surface area contributed by atoms with Crippen molar-refractivity contribution >= 4 is 21.6 Å². The van der Waals surface area contributed by atoms with E-state index in [1.807, 2.05) is 13.8 Å². The van der Waals surface area contributed by atoms with Crippen molar-refractivity contribution in [3.05, 3.63) is 30.1 Å². The van der Waals surface area contributed by atoms with Crippen molar-refractivity contribution < 1.29 is 17.5 Å². The third-order valence-electron chi connectivity index (χ3n) is 3.07. The summed E-state index contributed by atoms with van der Waals surface area (Å²) in [6.07, 6.45) is -0.351. The van der Waals surface area contributed by atoms with Gasteiger partial charge in [-0.1, -0.05) is 0 Å². The van der Waals surface area contributed by atoms with Gasteiger partial charge in [-0.3, -0.25) is 0 Å². The van der Waals surface area contributed by atoms with Gasteiger partial charge in [0.25, 0.3) is 0 Å². The zero-order valence-electron chi connectivity index (χ0n) is 11.3. The van der Waals surface area contributed by atoms with E-state index in [-0.39, 0.29) is 30.0 Å². The van der Waals surface area contributed by atoms with Crippen LogP contribution in [0.1, 0.15) is 13.8 Å². The minimum Gasteiger partial charge on any atom is -0.368 e. The highest BCUT2D eigenvalue weighted by atomic mass is 35.5. The van der Waals surface area contributed by atoms with Crippen LogP contribution < -0.4 is 0 Å². The Morgan fingerprint density at radius 2 is 2.00 bits per heavy atom. The van der Waals surface area contributed by atoms with E-state index >= 15 is 0 Å². The molecule has 1 aliphatic rings. The fourth-order valence-corrected chi connectivity index (χ4v) is 4.04. The fraction of sp³-hybridized carbons (Fsp3) is 0.538. The number of hydrogen-bond acceptors (Lipinski definition) is 3. The van der Waals surface area contributed by atoms with Crippen molar-refractivity contribution in [2.75, 3.05) is 19.0 Å². The van der Waals surface area contributed by atoms with Gasteiger partial charge in [-0.15, -0.1) is 11.6 Å². The molecule has 1 aromatic rings. The Morgan fingerprint density at radius 3 is 2.55 bits per heavy atom. The van der Waals surface area contributed by atoms with Crippen molar-refractivity contribution in [1.82, 2.24) is 4.31 Å². The number of nitrogens with zero attached hydrogens (tertiary/aromatic N) is 1. The average molecular weight is 322 g/mol. The van der Waals surface area contributed by atoms with Crippen LogP contribution in [0, 0.1) is 5.82 Å². The molecule has 0 aromatic heterocycles. The lowest BCUT2D eigenvalue weighted by atomic mass is 10.1. The maximum Gasteiger partial charge on any atom is 0.243 e. The van der Waals surface area contributed by atoms with Gasteiger partial charge in [-0.25, -0.2) is 12.8 Å². The van der Waals surface area contributed by atoms with E-state index in [4.69, 9.17) is 16.3 Å². The van der Waals surface area contributed by atoms with E-state index in [1.165, 1.54) is 16.4 Å². The van der Waals surface area contributed by atoms with Gasteiger partial charge in [-0.2, -0.15) is 4.31 Å². The van der Waals surface area contributed by atoms with Crippen LogP contribution in [0.25, 0.3) is 0 Å². The van der Waals surface area contributed by atoms with E-state index in [9.17, 15) is 12.8 Å². The van der Waals surface area contributed by atoms with Crippen LogP contribution in [0.15, 0.2) is 29.2 Å². The third-order valence-corrected chi connectivity index (χ3v) is 5.24. The highest BCUT2D eigenvalue weighted by molar-refractivity contribution is 7.89. The molecule has 1 aliphatic heterocycles. The predicted molar refractivity (Wildman–Crippen MR) is 74.8 cm³/mol. The summed E-state index contributed by atoms with van der Waals surface area (Å²) in [7, 11) is -3.66. The molecule has 0 bridgehead atoms. The number of hydrogen-bond donors (Lipinski definition) is 0. The predicted octanol–water partition coefficient (Wildman–Crippen LogP) is 2.23. The molecule has 20 heavy (non-hydrogen) atoms. The first-order valence-corrected chi connectivity index (χ1v) is 8.21. The second-order valence-electron chi connectivity index (χ2n) is 5.41. The largest absolute Gasteiger partial charge is 0.368 e. The highest BCUT2D eigenvalue weighted by Crippen LogP contribution is 2.27. The lowest BCUT2D eigenvalue weighted by Crippen LogP contribution is -2.55. The molecule has 0 saturated carbocycles. The molecule has 0 amide bonds. The molecule has 1 aromatic carbocycles. The Bertz CT molecular complexity index is 574. The van der Waals surface area contributed by atoms with Gasteiger partial charge >= 0.3 is 0 Å². The maximum absolute atomic E-state index is 12.9. The monoisotopic (exact) mass is 321 g/mol. The van der Waals surface area contributed by atoms with E-state index in [1.54, 1.807) is 0 Å². The molecule has 4 nitrogen and oxygen atoms in total. The first-order valence-electron chi connectivity index (χ1n) is 6.24. The van der Waals surface area contributed by atoms with E-state index in [0.717, 1.165) is 12.1 Å². The Balaban J connectivity index is 2.31. The second kappa shape index (κ2) is 5.60. The molecule has 2 rings (SSSR count). The quantitative estimate of drug-likeness (QED) is 0.802. The van der Waals surface area contributed by atoms with Gasteiger partial charge in [0.2, 0.25) is 10.0 Å². The number of rotatable bonds is 3. The number of benzene rings is 1. The zero-order chi connectivity index (χ0) is 15.0. The SMILES string of the molecule is CC1(C)CN(S(=O)(=O)c2ccc(F)cc2)CC(CCl)O1. The first kappa shape index (κ1) is 15.7. The number of halogens is 2. The molecule has 1 heterocycles. The normalized spacial score (nSPS) is 23.7. The van der Waals surface area contributed by atoms with Gasteiger partial charge in [0.15, 0.2) is 0 Å². The molecular weight excluding hydrogens is 305 g/mol. The van der Waals surface area contributed by atoms with Gasteiger partial charge in [0.1, 0.15) is 5.82 Å². The summed E-state index contributed by atoms with van der Waals surface area (Å²) in [6.45, 7) is 4.07. The second-order valence-corrected chi connectivity index (χ2v) is 7.65. The summed E-state index contributed by atoms with van der Waals surface area (Å²) >= 11 is 5.79. The molecule has 1 atom stereocenters. The maximum atomic E-state index is 12.9. The molecule has 0 spiro atoms. The molecule has 1 unspecified atom stereocenters. The van der Waals surface area contributed by atoms with Crippen LogP contribution >= 0.6 is 11.6 Å². The van der Waals surface area contributed by atoms with Crippen molar-refractivity contribution in [2.45, 2.75) is 30.4 Å². The molecule has 0 N–H and O–H groups in total. The molecule has 7 heteroatoms. The zero-order valence-corrected chi connectivity index (χ0v) is 12.9. The molecule has 1 fully saturated rings. The van der Waals surface area contributed by atoms with Gasteiger partial charge < -0.3 is 4.74 Å². The van der Waals surface area contributed by atoms with Crippen LogP contribution in [-0.4, -0.2) is 43.4 Å². The van der Waals surface area contributed by atoms with E-state index in [2.05, 4.69) is 0 Å². The molecule has 1 saturated heterocycles. The standard InChI is InChI=1S/C13H17ClFNO3S/c1-13(2)9-16(8-11(7-14)19-13)20(17,18)12-5-3-10(15)4-6-12/h3-6,11H,7-9H2,1-2H3. The van der Waals surface area contributed by atoms with Gasteiger partial charge in [-0.05, 0) is 38.1 Å². The summed E-state index contributed by atoms with van der Waals surface area (Å²) in [5, 5.41) is 0. The van der Waals surface area contributed by atoms with Crippen LogP contribution in [0.5, 0.6) is 0 Å². The Labute approximate surface area is 123 Å². The Morgan fingerprint density at radius 1 is 1.40 bits per heavy atom. The Hall–Kier alpha value is -0.690. The summed E-state index contributed by atoms with van der Waals surface area (Å²) < 4.78 is 45.1. The van der Waals surface area contributed by atoms with Crippen molar-refractivity contribution in [3.63, 3.8) is 0 Å². The smallest absolute Gasteiger partial charge is 0.243 e. The minimum absolute atomic E-state index is 0.0740. The molecule has 112 valence electrons. The summed E-state index contributed by atoms with van der Waals surface area (Å²) in [4.78, 5) is 0.0740. The minimum atomic E-state index is -3.66. The van der Waals surface area contributed by atoms with Crippen LogP contribution in [-0.2, 0) is 14.8 Å². The lowest BCUT2D eigenvalue weighted by Gasteiger charge is -2.41. The van der Waals surface area contributed by atoms with Crippen LogP contribution in [0.3, 0.4) is 0 Å². The fourth-order valence-electron chi connectivity index (χ4n) is 2.26. The Kier molecular flexibility index (Phi) is 4.39. The molecular formula is C13H17ClFNO3S. The summed E-state index contributed by atoms with van der Waals surface area (Å²) in [5.74, 6) is -0.247. The van der Waals surface area contributed by atoms with Crippen molar-refractivity contribution in [3.8, 4) is 0 Å². The van der Waals surface area contributed by atoms with E-state index in [0.29, 0.717) is 0 Å². The molecule has 0 radical (unpaired) electrons. The number of ether oxygens (including phenoxy) is 1. The van der Waals surface area contributed by atoms with Crippen molar-refractivity contribution in [1.29, 1.82) is 0 Å². The van der Waals surface area contributed by atoms with Crippen LogP contribution in [0.4, 0.5) is 4.39 Å². The average Bonchev–Trinajstić information content (AvgIpc) is 2.37. The topological polar surface area (TPSA) is 46.6 Å². The summed E-state index contributed by atoms with van der Waals surface area (Å²) in [5.41, 5.74) is -0.606. The van der Waals surface area contributed by atoms with Gasteiger partial charge in [0.05, 0.1) is 16.6 Å². The van der Waals surface area contributed by atoms with E-state index < -0.39 is 21.4 Å². The number of morpholine rings is 1. The van der Waals surface area contributed by atoms with Crippen LogP contribution in [0.2, 0.25) is 0 Å². The molecule has 0 aliphatic carbocycles. The third kappa shape index (κ3) is 3.31. The number of alkyl halides is 1. The number of sulfonamides is 1. The lowest BCUT2D eigenvalue weighted by molar-refractivity contribution is -0.107. The highest BCUT2D eigenvalue weighted by Gasteiger charge is 2.39. The van der Waals surface area contributed by atoms with Gasteiger partial charge in [0, 0.05) is 19.0 Å².